The van der Waals surface area contributed by atoms with E-state index in [2.05, 4.69) is 22.4 Å². The molecular formula is C14H20N2O. The van der Waals surface area contributed by atoms with E-state index in [9.17, 15) is 0 Å². The van der Waals surface area contributed by atoms with Crippen LogP contribution in [0.3, 0.4) is 0 Å². The van der Waals surface area contributed by atoms with E-state index in [4.69, 9.17) is 4.74 Å². The van der Waals surface area contributed by atoms with Crippen LogP contribution in [0.25, 0.3) is 0 Å². The van der Waals surface area contributed by atoms with Crippen LogP contribution in [0.1, 0.15) is 37.3 Å². The molecule has 92 valence electrons. The normalized spacial score (nSPS) is 28.1. The number of aromatic nitrogens is 1. The molecule has 2 aliphatic heterocycles. The lowest BCUT2D eigenvalue weighted by Gasteiger charge is -2.43. The van der Waals surface area contributed by atoms with Gasteiger partial charge < -0.3 is 10.1 Å². The minimum Gasteiger partial charge on any atom is -0.375 e. The number of nitrogens with one attached hydrogen (secondary N) is 1. The summed E-state index contributed by atoms with van der Waals surface area (Å²) in [6.07, 6.45) is 6.46. The van der Waals surface area contributed by atoms with Gasteiger partial charge in [-0.05, 0) is 50.9 Å². The summed E-state index contributed by atoms with van der Waals surface area (Å²) in [5.74, 6) is 0.586. The second-order valence-corrected chi connectivity index (χ2v) is 5.23. The van der Waals surface area contributed by atoms with E-state index < -0.39 is 0 Å². The number of hydrogen-bond acceptors (Lipinski definition) is 3. The Balaban J connectivity index is 1.75. The SMILES string of the molecule is c1ccc(C2CCOC3(CCNCC3)C2)nc1. The fourth-order valence-corrected chi connectivity index (χ4v) is 3.13. The fourth-order valence-electron chi connectivity index (χ4n) is 3.13. The molecule has 2 aliphatic rings. The zero-order valence-corrected chi connectivity index (χ0v) is 10.2. The van der Waals surface area contributed by atoms with Gasteiger partial charge in [-0.1, -0.05) is 6.07 Å². The number of piperidine rings is 1. The van der Waals surface area contributed by atoms with Gasteiger partial charge in [0.25, 0.3) is 0 Å². The largest absolute Gasteiger partial charge is 0.375 e. The van der Waals surface area contributed by atoms with Crippen molar-refractivity contribution in [3.8, 4) is 0 Å². The molecule has 0 amide bonds. The van der Waals surface area contributed by atoms with E-state index in [-0.39, 0.29) is 5.60 Å². The molecule has 1 N–H and O–H groups in total. The molecule has 1 aromatic heterocycles. The van der Waals surface area contributed by atoms with Gasteiger partial charge in [-0.2, -0.15) is 0 Å². The maximum Gasteiger partial charge on any atom is 0.0713 e. The van der Waals surface area contributed by atoms with Gasteiger partial charge in [-0.15, -0.1) is 0 Å². The molecule has 0 aliphatic carbocycles. The van der Waals surface area contributed by atoms with Crippen molar-refractivity contribution in [2.75, 3.05) is 19.7 Å². The number of rotatable bonds is 1. The Labute approximate surface area is 103 Å². The van der Waals surface area contributed by atoms with Crippen molar-refractivity contribution in [1.29, 1.82) is 0 Å². The van der Waals surface area contributed by atoms with Crippen molar-refractivity contribution >= 4 is 0 Å². The molecule has 3 heterocycles. The van der Waals surface area contributed by atoms with Gasteiger partial charge in [0.05, 0.1) is 5.60 Å². The zero-order valence-electron chi connectivity index (χ0n) is 10.2. The maximum absolute atomic E-state index is 6.09. The second kappa shape index (κ2) is 4.75. The molecule has 0 aromatic carbocycles. The lowest BCUT2D eigenvalue weighted by Crippen LogP contribution is -2.47. The smallest absolute Gasteiger partial charge is 0.0713 e. The molecule has 2 fully saturated rings. The van der Waals surface area contributed by atoms with E-state index in [1.165, 1.54) is 5.69 Å². The molecule has 1 atom stereocenters. The molecule has 17 heavy (non-hydrogen) atoms. The van der Waals surface area contributed by atoms with Gasteiger partial charge in [0.15, 0.2) is 0 Å². The number of hydrogen-bond donors (Lipinski definition) is 1. The molecule has 0 bridgehead atoms. The highest BCUT2D eigenvalue weighted by atomic mass is 16.5. The van der Waals surface area contributed by atoms with Crippen LogP contribution in [-0.2, 0) is 4.74 Å². The summed E-state index contributed by atoms with van der Waals surface area (Å²) in [5, 5.41) is 3.42. The molecule has 2 saturated heterocycles. The summed E-state index contributed by atoms with van der Waals surface area (Å²) >= 11 is 0. The second-order valence-electron chi connectivity index (χ2n) is 5.23. The molecule has 1 spiro atoms. The first kappa shape index (κ1) is 11.2. The van der Waals surface area contributed by atoms with Gasteiger partial charge in [-0.25, -0.2) is 0 Å². The Kier molecular flexibility index (Phi) is 3.12. The van der Waals surface area contributed by atoms with E-state index in [0.717, 1.165) is 45.4 Å². The average Bonchev–Trinajstić information content (AvgIpc) is 2.41. The van der Waals surface area contributed by atoms with Crippen LogP contribution in [-0.4, -0.2) is 30.3 Å². The van der Waals surface area contributed by atoms with Crippen LogP contribution < -0.4 is 5.32 Å². The molecule has 3 heteroatoms. The highest BCUT2D eigenvalue weighted by molar-refractivity contribution is 5.12. The topological polar surface area (TPSA) is 34.1 Å². The fraction of sp³-hybridized carbons (Fsp3) is 0.643. The van der Waals surface area contributed by atoms with Crippen LogP contribution in [0.5, 0.6) is 0 Å². The number of ether oxygens (including phenoxy) is 1. The monoisotopic (exact) mass is 232 g/mol. The quantitative estimate of drug-likeness (QED) is 0.805. The zero-order chi connectivity index (χ0) is 11.6. The van der Waals surface area contributed by atoms with Crippen molar-refractivity contribution < 1.29 is 4.74 Å². The van der Waals surface area contributed by atoms with E-state index in [1.807, 2.05) is 12.3 Å². The van der Waals surface area contributed by atoms with Crippen LogP contribution in [0, 0.1) is 0 Å². The first-order valence-electron chi connectivity index (χ1n) is 6.64. The predicted octanol–water partition coefficient (Wildman–Crippen LogP) is 2.10. The van der Waals surface area contributed by atoms with Gasteiger partial charge in [-0.3, -0.25) is 4.98 Å². The van der Waals surface area contributed by atoms with E-state index in [0.29, 0.717) is 5.92 Å². The van der Waals surface area contributed by atoms with Crippen molar-refractivity contribution in [1.82, 2.24) is 10.3 Å². The maximum atomic E-state index is 6.09. The van der Waals surface area contributed by atoms with Gasteiger partial charge in [0.1, 0.15) is 0 Å². The molecule has 3 rings (SSSR count). The molecule has 3 nitrogen and oxygen atoms in total. The van der Waals surface area contributed by atoms with Crippen LogP contribution >= 0.6 is 0 Å². The van der Waals surface area contributed by atoms with Crippen molar-refractivity contribution in [2.45, 2.75) is 37.2 Å². The Morgan fingerprint density at radius 1 is 1.29 bits per heavy atom. The highest BCUT2D eigenvalue weighted by Crippen LogP contribution is 2.39. The standard InChI is InChI=1S/C14H20N2O/c1-2-7-16-13(3-1)12-4-10-17-14(11-12)5-8-15-9-6-14/h1-3,7,12,15H,4-6,8-11H2. The first-order chi connectivity index (χ1) is 8.38. The predicted molar refractivity (Wildman–Crippen MR) is 67.0 cm³/mol. The highest BCUT2D eigenvalue weighted by Gasteiger charge is 2.39. The summed E-state index contributed by atoms with van der Waals surface area (Å²) in [6, 6.07) is 6.24. The minimum absolute atomic E-state index is 0.131. The third-order valence-corrected chi connectivity index (χ3v) is 4.11. The average molecular weight is 232 g/mol. The third kappa shape index (κ3) is 2.35. The lowest BCUT2D eigenvalue weighted by atomic mass is 9.78. The minimum atomic E-state index is 0.131. The summed E-state index contributed by atoms with van der Waals surface area (Å²) in [5.41, 5.74) is 1.37. The third-order valence-electron chi connectivity index (χ3n) is 4.11. The summed E-state index contributed by atoms with van der Waals surface area (Å²) < 4.78 is 6.09. The Morgan fingerprint density at radius 2 is 2.18 bits per heavy atom. The summed E-state index contributed by atoms with van der Waals surface area (Å²) in [7, 11) is 0. The van der Waals surface area contributed by atoms with Crippen LogP contribution in [0.15, 0.2) is 24.4 Å². The van der Waals surface area contributed by atoms with Gasteiger partial charge in [0.2, 0.25) is 0 Å². The Hall–Kier alpha value is -0.930. The van der Waals surface area contributed by atoms with E-state index in [1.54, 1.807) is 0 Å². The molecular weight excluding hydrogens is 212 g/mol. The van der Waals surface area contributed by atoms with Crippen molar-refractivity contribution in [3.63, 3.8) is 0 Å². The van der Waals surface area contributed by atoms with E-state index >= 15 is 0 Å². The Morgan fingerprint density at radius 3 is 2.94 bits per heavy atom. The van der Waals surface area contributed by atoms with Gasteiger partial charge in [0, 0.05) is 24.4 Å². The van der Waals surface area contributed by atoms with Gasteiger partial charge >= 0.3 is 0 Å². The molecule has 1 unspecified atom stereocenters. The molecule has 0 radical (unpaired) electrons. The summed E-state index contributed by atoms with van der Waals surface area (Å²) in [4.78, 5) is 4.51. The molecule has 1 aromatic rings. The number of nitrogens with zero attached hydrogens (tertiary/aromatic N) is 1. The first-order valence-corrected chi connectivity index (χ1v) is 6.64. The van der Waals surface area contributed by atoms with Crippen molar-refractivity contribution in [3.05, 3.63) is 30.1 Å². The summed E-state index contributed by atoms with van der Waals surface area (Å²) in [6.45, 7) is 3.07. The van der Waals surface area contributed by atoms with Crippen molar-refractivity contribution in [2.24, 2.45) is 0 Å². The Bertz CT molecular complexity index is 354. The van der Waals surface area contributed by atoms with Crippen LogP contribution in [0.4, 0.5) is 0 Å². The lowest BCUT2D eigenvalue weighted by molar-refractivity contribution is -0.102. The molecule has 0 saturated carbocycles. The number of pyridine rings is 1. The van der Waals surface area contributed by atoms with Crippen LogP contribution in [0.2, 0.25) is 0 Å².